The first kappa shape index (κ1) is 12.7. The van der Waals surface area contributed by atoms with Crippen LogP contribution in [0.2, 0.25) is 0 Å². The summed E-state index contributed by atoms with van der Waals surface area (Å²) in [5.74, 6) is 1.19. The van der Waals surface area contributed by atoms with Gasteiger partial charge in [-0.1, -0.05) is 36.4 Å². The van der Waals surface area contributed by atoms with Crippen molar-refractivity contribution in [1.82, 2.24) is 0 Å². The highest BCUT2D eigenvalue weighted by Crippen LogP contribution is 2.35. The van der Waals surface area contributed by atoms with E-state index in [2.05, 4.69) is 0 Å². The molecular formula is C16H14O4. The summed E-state index contributed by atoms with van der Waals surface area (Å²) in [4.78, 5) is 12.2. The van der Waals surface area contributed by atoms with Crippen LogP contribution in [0.15, 0.2) is 48.5 Å². The van der Waals surface area contributed by atoms with E-state index in [9.17, 15) is 4.79 Å². The van der Waals surface area contributed by atoms with Crippen LogP contribution in [0.25, 0.3) is 0 Å². The van der Waals surface area contributed by atoms with Gasteiger partial charge in [-0.25, -0.2) is 0 Å². The Labute approximate surface area is 116 Å². The van der Waals surface area contributed by atoms with E-state index in [1.807, 2.05) is 30.3 Å². The van der Waals surface area contributed by atoms with Crippen LogP contribution >= 0.6 is 0 Å². The Morgan fingerprint density at radius 3 is 2.75 bits per heavy atom. The predicted octanol–water partition coefficient (Wildman–Crippen LogP) is 2.26. The number of ketones is 1. The molecule has 2 aromatic rings. The van der Waals surface area contributed by atoms with E-state index >= 15 is 0 Å². The van der Waals surface area contributed by atoms with Gasteiger partial charge in [0.2, 0.25) is 0 Å². The molecular weight excluding hydrogens is 256 g/mol. The molecule has 1 aliphatic rings. The fourth-order valence-corrected chi connectivity index (χ4v) is 2.31. The lowest BCUT2D eigenvalue weighted by molar-refractivity contribution is -0.126. The fourth-order valence-electron chi connectivity index (χ4n) is 2.31. The number of aliphatic hydroxyl groups excluding tert-OH is 1. The summed E-state index contributed by atoms with van der Waals surface area (Å²) in [6.07, 6.45) is -0.234. The SMILES string of the molecule is O=C1Cc2ccc(OCO)cc2OC1c1ccccc1. The first-order valence-corrected chi connectivity index (χ1v) is 6.39. The summed E-state index contributed by atoms with van der Waals surface area (Å²) in [7, 11) is 0. The highest BCUT2D eigenvalue weighted by atomic mass is 16.6. The van der Waals surface area contributed by atoms with Gasteiger partial charge in [0.15, 0.2) is 18.7 Å². The van der Waals surface area contributed by atoms with Crippen LogP contribution in [0.3, 0.4) is 0 Å². The van der Waals surface area contributed by atoms with Crippen LogP contribution in [0.4, 0.5) is 0 Å². The van der Waals surface area contributed by atoms with Gasteiger partial charge >= 0.3 is 0 Å². The van der Waals surface area contributed by atoms with E-state index in [-0.39, 0.29) is 12.6 Å². The second-order valence-electron chi connectivity index (χ2n) is 4.59. The average Bonchev–Trinajstić information content (AvgIpc) is 2.48. The van der Waals surface area contributed by atoms with Crippen LogP contribution in [-0.2, 0) is 11.2 Å². The largest absolute Gasteiger partial charge is 0.477 e. The van der Waals surface area contributed by atoms with Crippen LogP contribution in [0, 0.1) is 0 Å². The molecule has 1 unspecified atom stereocenters. The number of aliphatic hydroxyl groups is 1. The van der Waals surface area contributed by atoms with Crippen molar-refractivity contribution in [2.45, 2.75) is 12.5 Å². The maximum atomic E-state index is 12.2. The first-order valence-electron chi connectivity index (χ1n) is 6.39. The molecule has 1 heterocycles. The van der Waals surface area contributed by atoms with Crippen molar-refractivity contribution in [3.8, 4) is 11.5 Å². The van der Waals surface area contributed by atoms with Gasteiger partial charge < -0.3 is 14.6 Å². The fraction of sp³-hybridized carbons (Fsp3) is 0.188. The molecule has 0 amide bonds. The quantitative estimate of drug-likeness (QED) is 0.869. The van der Waals surface area contributed by atoms with Crippen molar-refractivity contribution in [3.05, 3.63) is 59.7 Å². The van der Waals surface area contributed by atoms with Crippen molar-refractivity contribution in [2.75, 3.05) is 6.79 Å². The normalized spacial score (nSPS) is 17.2. The molecule has 0 saturated heterocycles. The van der Waals surface area contributed by atoms with Crippen molar-refractivity contribution >= 4 is 5.78 Å². The number of hydrogen-bond acceptors (Lipinski definition) is 4. The highest BCUT2D eigenvalue weighted by Gasteiger charge is 2.29. The zero-order chi connectivity index (χ0) is 13.9. The zero-order valence-corrected chi connectivity index (χ0v) is 10.8. The number of hydrogen-bond donors (Lipinski definition) is 1. The van der Waals surface area contributed by atoms with Gasteiger partial charge in [-0.05, 0) is 11.6 Å². The Balaban J connectivity index is 1.92. The minimum atomic E-state index is -0.576. The van der Waals surface area contributed by atoms with Gasteiger partial charge in [-0.3, -0.25) is 4.79 Å². The smallest absolute Gasteiger partial charge is 0.186 e. The molecule has 0 fully saturated rings. The molecule has 102 valence electrons. The van der Waals surface area contributed by atoms with Crippen LogP contribution in [-0.4, -0.2) is 17.7 Å². The molecule has 4 heteroatoms. The summed E-state index contributed by atoms with van der Waals surface area (Å²) in [6, 6.07) is 14.6. The third kappa shape index (κ3) is 2.38. The van der Waals surface area contributed by atoms with E-state index in [4.69, 9.17) is 14.6 Å². The molecule has 2 aromatic carbocycles. The summed E-state index contributed by atoms with van der Waals surface area (Å²) < 4.78 is 10.8. The van der Waals surface area contributed by atoms with E-state index in [0.717, 1.165) is 11.1 Å². The molecule has 1 N–H and O–H groups in total. The lowest BCUT2D eigenvalue weighted by Gasteiger charge is -2.25. The van der Waals surface area contributed by atoms with Gasteiger partial charge in [0.1, 0.15) is 11.5 Å². The average molecular weight is 270 g/mol. The minimum Gasteiger partial charge on any atom is -0.477 e. The van der Waals surface area contributed by atoms with Crippen LogP contribution < -0.4 is 9.47 Å². The number of ether oxygens (including phenoxy) is 2. The number of carbonyl (C=O) groups is 1. The molecule has 0 aromatic heterocycles. The van der Waals surface area contributed by atoms with E-state index < -0.39 is 6.10 Å². The molecule has 1 atom stereocenters. The van der Waals surface area contributed by atoms with Gasteiger partial charge in [-0.15, -0.1) is 0 Å². The molecule has 1 aliphatic heterocycles. The van der Waals surface area contributed by atoms with Crippen LogP contribution in [0.5, 0.6) is 11.5 Å². The van der Waals surface area contributed by atoms with Crippen molar-refractivity contribution < 1.29 is 19.4 Å². The summed E-state index contributed by atoms with van der Waals surface area (Å²) >= 11 is 0. The standard InChI is InChI=1S/C16H14O4/c17-10-19-13-7-6-12-8-14(18)16(20-15(12)9-13)11-4-2-1-3-5-11/h1-7,9,16-17H,8,10H2. The highest BCUT2D eigenvalue weighted by molar-refractivity contribution is 5.88. The van der Waals surface area contributed by atoms with Crippen molar-refractivity contribution in [1.29, 1.82) is 0 Å². The second-order valence-corrected chi connectivity index (χ2v) is 4.59. The zero-order valence-electron chi connectivity index (χ0n) is 10.8. The van der Waals surface area contributed by atoms with Gasteiger partial charge in [0.25, 0.3) is 0 Å². The maximum Gasteiger partial charge on any atom is 0.186 e. The predicted molar refractivity (Wildman–Crippen MR) is 72.7 cm³/mol. The van der Waals surface area contributed by atoms with Crippen molar-refractivity contribution in [2.24, 2.45) is 0 Å². The van der Waals surface area contributed by atoms with E-state index in [0.29, 0.717) is 17.9 Å². The number of Topliss-reactive ketones (excluding diaryl/α,β-unsaturated/α-hetero) is 1. The van der Waals surface area contributed by atoms with Crippen molar-refractivity contribution in [3.63, 3.8) is 0 Å². The number of fused-ring (bicyclic) bond motifs is 1. The van der Waals surface area contributed by atoms with Gasteiger partial charge in [-0.2, -0.15) is 0 Å². The minimum absolute atomic E-state index is 0.0412. The molecule has 0 radical (unpaired) electrons. The topological polar surface area (TPSA) is 55.8 Å². The summed E-state index contributed by atoms with van der Waals surface area (Å²) in [5, 5.41) is 8.78. The van der Waals surface area contributed by atoms with E-state index in [1.54, 1.807) is 18.2 Å². The molecule has 20 heavy (non-hydrogen) atoms. The first-order chi connectivity index (χ1) is 9.78. The Kier molecular flexibility index (Phi) is 3.39. The molecule has 0 aliphatic carbocycles. The molecule has 0 spiro atoms. The van der Waals surface area contributed by atoms with Gasteiger partial charge in [0, 0.05) is 18.1 Å². The lowest BCUT2D eigenvalue weighted by Crippen LogP contribution is -2.25. The Morgan fingerprint density at radius 1 is 1.20 bits per heavy atom. The second kappa shape index (κ2) is 5.35. The summed E-state index contributed by atoms with van der Waals surface area (Å²) in [5.41, 5.74) is 1.68. The maximum absolute atomic E-state index is 12.2. The molecule has 0 bridgehead atoms. The van der Waals surface area contributed by atoms with E-state index in [1.165, 1.54) is 0 Å². The molecule has 3 rings (SSSR count). The summed E-state index contributed by atoms with van der Waals surface area (Å²) in [6.45, 7) is -0.389. The molecule has 0 saturated carbocycles. The van der Waals surface area contributed by atoms with Crippen LogP contribution in [0.1, 0.15) is 17.2 Å². The number of rotatable bonds is 3. The third-order valence-electron chi connectivity index (χ3n) is 3.27. The monoisotopic (exact) mass is 270 g/mol. The Hall–Kier alpha value is -2.33. The molecule has 4 nitrogen and oxygen atoms in total. The Morgan fingerprint density at radius 2 is 2.00 bits per heavy atom. The Bertz CT molecular complexity index is 622. The number of carbonyl (C=O) groups excluding carboxylic acids is 1. The lowest BCUT2D eigenvalue weighted by atomic mass is 9.96. The number of benzene rings is 2. The third-order valence-corrected chi connectivity index (χ3v) is 3.27. The van der Waals surface area contributed by atoms with Gasteiger partial charge in [0.05, 0.1) is 0 Å².